The van der Waals surface area contributed by atoms with Gasteiger partial charge in [-0.3, -0.25) is 13.8 Å². The van der Waals surface area contributed by atoms with Gasteiger partial charge in [0.25, 0.3) is 0 Å². The van der Waals surface area contributed by atoms with Crippen molar-refractivity contribution in [2.24, 2.45) is 0 Å². The number of phosphoric ester groups is 1. The van der Waals surface area contributed by atoms with Crippen molar-refractivity contribution in [1.82, 2.24) is 5.32 Å². The highest BCUT2D eigenvalue weighted by Gasteiger charge is 2.28. The highest BCUT2D eigenvalue weighted by atomic mass is 31.2. The monoisotopic (exact) mass is 1250 g/mol. The largest absolute Gasteiger partial charge is 0.472 e. The number of amides is 1. The predicted molar refractivity (Wildman–Crippen MR) is 383 cm³/mol. The van der Waals surface area contributed by atoms with Gasteiger partial charge in [-0.2, -0.15) is 0 Å². The van der Waals surface area contributed by atoms with Gasteiger partial charge >= 0.3 is 7.82 Å². The molecule has 0 radical (unpaired) electrons. The van der Waals surface area contributed by atoms with Crippen molar-refractivity contribution in [2.45, 2.75) is 418 Å². The molecule has 3 atom stereocenters. The topological polar surface area (TPSA) is 105 Å². The minimum Gasteiger partial charge on any atom is -0.387 e. The molecule has 3 unspecified atom stereocenters. The number of phosphoric acid groups is 1. The molecule has 516 valence electrons. The van der Waals surface area contributed by atoms with Gasteiger partial charge in [-0.15, -0.1) is 0 Å². The molecule has 3 N–H and O–H groups in total. The van der Waals surface area contributed by atoms with E-state index in [2.05, 4.69) is 43.5 Å². The molecule has 0 aliphatic heterocycles. The average Bonchev–Trinajstić information content (AvgIpc) is 3.71. The maximum absolute atomic E-state index is 13.1. The molecule has 0 fully saturated rings. The number of hydrogen-bond acceptors (Lipinski definition) is 5. The summed E-state index contributed by atoms with van der Waals surface area (Å²) in [6.07, 6.45) is 93.3. The van der Waals surface area contributed by atoms with Crippen LogP contribution >= 0.6 is 7.82 Å². The van der Waals surface area contributed by atoms with E-state index in [4.69, 9.17) is 9.05 Å². The summed E-state index contributed by atoms with van der Waals surface area (Å²) in [5, 5.41) is 14.0. The van der Waals surface area contributed by atoms with Crippen molar-refractivity contribution < 1.29 is 32.9 Å². The number of nitrogens with one attached hydrogen (secondary N) is 1. The van der Waals surface area contributed by atoms with Crippen LogP contribution in [0, 0.1) is 0 Å². The first-order valence-corrected chi connectivity index (χ1v) is 40.4. The lowest BCUT2D eigenvalue weighted by molar-refractivity contribution is -0.870. The fraction of sp³-hybridized carbons (Fsp3) is 0.910. The highest BCUT2D eigenvalue weighted by molar-refractivity contribution is 7.47. The molecular weight excluding hydrogens is 1090 g/mol. The molecule has 0 bridgehead atoms. The maximum Gasteiger partial charge on any atom is 0.472 e. The van der Waals surface area contributed by atoms with E-state index in [1.165, 1.54) is 347 Å². The first-order valence-electron chi connectivity index (χ1n) is 38.9. The standard InChI is InChI=1S/C78H153N2O6P/c1-6-8-10-12-14-16-18-20-22-24-26-28-30-32-33-34-35-36-37-38-39-40-41-42-43-44-45-46-47-48-50-52-54-56-58-60-62-64-66-68-70-72-78(82)79-76(75-86-87(83,84)85-74-73-80(3,4)5)77(81)71-69-67-65-63-61-59-57-55-53-51-49-31-29-27-25-23-21-19-17-15-13-11-9-7-2/h18,20,24,26,69,71,76-77,81H,6-17,19,21-23,25,27-68,70,72-75H2,1-5H3,(H-,79,82,83,84)/p+1/b20-18-,26-24-,71-69+. The van der Waals surface area contributed by atoms with Crippen LogP contribution in [-0.4, -0.2) is 73.4 Å². The van der Waals surface area contributed by atoms with E-state index < -0.39 is 20.0 Å². The number of carbonyl (C=O) groups is 1. The van der Waals surface area contributed by atoms with E-state index in [0.29, 0.717) is 17.4 Å². The third-order valence-corrected chi connectivity index (χ3v) is 19.1. The fourth-order valence-electron chi connectivity index (χ4n) is 12.1. The molecule has 0 aromatic carbocycles. The zero-order valence-corrected chi connectivity index (χ0v) is 60.2. The summed E-state index contributed by atoms with van der Waals surface area (Å²) < 4.78 is 23.9. The molecule has 0 heterocycles. The van der Waals surface area contributed by atoms with Gasteiger partial charge < -0.3 is 19.8 Å². The van der Waals surface area contributed by atoms with Crippen LogP contribution in [0.15, 0.2) is 36.5 Å². The van der Waals surface area contributed by atoms with Gasteiger partial charge in [0.1, 0.15) is 13.2 Å². The molecule has 0 aliphatic rings. The molecule has 0 spiro atoms. The summed E-state index contributed by atoms with van der Waals surface area (Å²) >= 11 is 0. The molecule has 0 aliphatic carbocycles. The summed E-state index contributed by atoms with van der Waals surface area (Å²) in [6.45, 7) is 4.87. The molecule has 0 saturated carbocycles. The number of rotatable bonds is 73. The minimum absolute atomic E-state index is 0.0644. The second-order valence-corrected chi connectivity index (χ2v) is 29.5. The molecule has 0 aromatic heterocycles. The molecule has 87 heavy (non-hydrogen) atoms. The van der Waals surface area contributed by atoms with Gasteiger partial charge in [-0.05, 0) is 51.4 Å². The van der Waals surface area contributed by atoms with Crippen molar-refractivity contribution in [3.05, 3.63) is 36.5 Å². The number of carbonyl (C=O) groups excluding carboxylic acids is 1. The van der Waals surface area contributed by atoms with Crippen LogP contribution in [0.5, 0.6) is 0 Å². The number of likely N-dealkylation sites (N-methyl/N-ethyl adjacent to an activating group) is 1. The third kappa shape index (κ3) is 72.0. The number of quaternary nitrogens is 1. The van der Waals surface area contributed by atoms with Crippen LogP contribution < -0.4 is 5.32 Å². The van der Waals surface area contributed by atoms with Gasteiger partial charge in [-0.25, -0.2) is 4.57 Å². The lowest BCUT2D eigenvalue weighted by Crippen LogP contribution is -2.45. The van der Waals surface area contributed by atoms with Gasteiger partial charge in [0, 0.05) is 6.42 Å². The van der Waals surface area contributed by atoms with E-state index in [-0.39, 0.29) is 19.1 Å². The number of nitrogens with zero attached hydrogens (tertiary/aromatic N) is 1. The van der Waals surface area contributed by atoms with E-state index in [0.717, 1.165) is 38.5 Å². The summed E-state index contributed by atoms with van der Waals surface area (Å²) in [5.41, 5.74) is 0. The van der Waals surface area contributed by atoms with Crippen molar-refractivity contribution in [1.29, 1.82) is 0 Å². The van der Waals surface area contributed by atoms with Gasteiger partial charge in [0.2, 0.25) is 5.91 Å². The Hall–Kier alpha value is -1.28. The fourth-order valence-corrected chi connectivity index (χ4v) is 12.8. The predicted octanol–water partition coefficient (Wildman–Crippen LogP) is 25.2. The normalized spacial score (nSPS) is 13.7. The average molecular weight is 1250 g/mol. The van der Waals surface area contributed by atoms with Gasteiger partial charge in [0.15, 0.2) is 0 Å². The summed E-state index contributed by atoms with van der Waals surface area (Å²) in [5.74, 6) is -0.167. The van der Waals surface area contributed by atoms with Crippen molar-refractivity contribution in [2.75, 3.05) is 40.9 Å². The molecule has 8 nitrogen and oxygen atoms in total. The number of aliphatic hydroxyl groups excluding tert-OH is 1. The highest BCUT2D eigenvalue weighted by Crippen LogP contribution is 2.43. The first kappa shape index (κ1) is 85.7. The molecule has 0 saturated heterocycles. The summed E-state index contributed by atoms with van der Waals surface area (Å²) in [7, 11) is 1.59. The van der Waals surface area contributed by atoms with Crippen LogP contribution in [0.25, 0.3) is 0 Å². The molecule has 0 aromatic rings. The second kappa shape index (κ2) is 69.1. The Bertz CT molecular complexity index is 1510. The van der Waals surface area contributed by atoms with E-state index in [1.807, 2.05) is 27.2 Å². The third-order valence-electron chi connectivity index (χ3n) is 18.1. The Labute approximate surface area is 544 Å². The SMILES string of the molecule is CCCCCCC/C=C\C/C=C\CCCCCCCCCCCCCCCCCCCCCCCCCCCCCCCC(=O)NC(COP(=O)(O)OCC[N+](C)(C)C)C(O)/C=C/CCCCCCCCCCCCCCCCCCCCCCCC. The smallest absolute Gasteiger partial charge is 0.387 e. The summed E-state index contributed by atoms with van der Waals surface area (Å²) in [6, 6.07) is -0.846. The van der Waals surface area contributed by atoms with Crippen molar-refractivity contribution in [3.63, 3.8) is 0 Å². The van der Waals surface area contributed by atoms with Crippen LogP contribution in [0.4, 0.5) is 0 Å². The quantitative estimate of drug-likeness (QED) is 0.0243. The number of allylic oxidation sites excluding steroid dienone is 5. The lowest BCUT2D eigenvalue weighted by atomic mass is 10.0. The second-order valence-electron chi connectivity index (χ2n) is 28.1. The Balaban J connectivity index is 3.90. The number of aliphatic hydroxyl groups is 1. The molecular formula is C78H154N2O6P+. The Morgan fingerprint density at radius 2 is 0.655 bits per heavy atom. The van der Waals surface area contributed by atoms with Gasteiger partial charge in [-0.1, -0.05) is 384 Å². The van der Waals surface area contributed by atoms with E-state index in [9.17, 15) is 19.4 Å². The van der Waals surface area contributed by atoms with E-state index >= 15 is 0 Å². The number of hydrogen-bond donors (Lipinski definition) is 3. The Morgan fingerprint density at radius 1 is 0.391 bits per heavy atom. The number of unbranched alkanes of at least 4 members (excludes halogenated alkanes) is 56. The summed E-state index contributed by atoms with van der Waals surface area (Å²) in [4.78, 5) is 23.5. The zero-order chi connectivity index (χ0) is 63.4. The van der Waals surface area contributed by atoms with Gasteiger partial charge in [0.05, 0.1) is 39.9 Å². The molecule has 1 amide bonds. The maximum atomic E-state index is 13.1. The van der Waals surface area contributed by atoms with Crippen molar-refractivity contribution >= 4 is 13.7 Å². The van der Waals surface area contributed by atoms with Crippen molar-refractivity contribution in [3.8, 4) is 0 Å². The van der Waals surface area contributed by atoms with Crippen LogP contribution in [0.3, 0.4) is 0 Å². The lowest BCUT2D eigenvalue weighted by Gasteiger charge is -2.25. The van der Waals surface area contributed by atoms with E-state index in [1.54, 1.807) is 6.08 Å². The zero-order valence-electron chi connectivity index (χ0n) is 59.3. The Kier molecular flexibility index (Phi) is 68.1. The molecule has 0 rings (SSSR count). The van der Waals surface area contributed by atoms with Crippen LogP contribution in [-0.2, 0) is 18.4 Å². The van der Waals surface area contributed by atoms with Crippen LogP contribution in [0.1, 0.15) is 406 Å². The molecule has 9 heteroatoms. The first-order chi connectivity index (χ1) is 42.5. The minimum atomic E-state index is -4.35. The Morgan fingerprint density at radius 3 is 0.943 bits per heavy atom. The van der Waals surface area contributed by atoms with Crippen LogP contribution in [0.2, 0.25) is 0 Å².